The average Bonchev–Trinajstić information content (AvgIpc) is 2.38. The Morgan fingerprint density at radius 2 is 1.89 bits per heavy atom. The summed E-state index contributed by atoms with van der Waals surface area (Å²) in [6.07, 6.45) is 0. The lowest BCUT2D eigenvalue weighted by Gasteiger charge is -2.10. The van der Waals surface area contributed by atoms with Gasteiger partial charge in [-0.2, -0.15) is 0 Å². The largest absolute Gasteiger partial charge is 0.380 e. The Morgan fingerprint density at radius 3 is 2.42 bits per heavy atom. The Balaban J connectivity index is 2.84. The summed E-state index contributed by atoms with van der Waals surface area (Å²) in [5.74, 6) is 1.08. The van der Waals surface area contributed by atoms with E-state index in [0.29, 0.717) is 36.0 Å². The van der Waals surface area contributed by atoms with Crippen molar-refractivity contribution in [2.45, 2.75) is 13.8 Å². The molecule has 0 saturated heterocycles. The minimum Gasteiger partial charge on any atom is -0.380 e. The Hall–Kier alpha value is -1.63. The summed E-state index contributed by atoms with van der Waals surface area (Å²) in [5.41, 5.74) is 0.984. The molecule has 1 atom stereocenters. The fourth-order valence-corrected chi connectivity index (χ4v) is 2.28. The lowest BCUT2D eigenvalue weighted by molar-refractivity contribution is -0.383. The molecule has 0 radical (unpaired) electrons. The highest BCUT2D eigenvalue weighted by atomic mass is 32.2. The van der Waals surface area contributed by atoms with Crippen molar-refractivity contribution < 1.29 is 9.13 Å². The third-order valence-corrected chi connectivity index (χ3v) is 3.86. The zero-order valence-electron chi connectivity index (χ0n) is 11.1. The summed E-state index contributed by atoms with van der Waals surface area (Å²) >= 11 is 0. The predicted octanol–water partition coefficient (Wildman–Crippen LogP) is 2.21. The van der Waals surface area contributed by atoms with Crippen LogP contribution in [-0.4, -0.2) is 33.7 Å². The van der Waals surface area contributed by atoms with Gasteiger partial charge in [0.2, 0.25) is 0 Å². The normalized spacial score (nSPS) is 11.9. The van der Waals surface area contributed by atoms with E-state index in [-0.39, 0.29) is 5.69 Å². The first-order chi connectivity index (χ1) is 9.10. The molecule has 19 heavy (non-hydrogen) atoms. The van der Waals surface area contributed by atoms with Crippen LogP contribution in [-0.2, 0) is 10.8 Å². The molecule has 0 saturated carbocycles. The van der Waals surface area contributed by atoms with Gasteiger partial charge in [-0.15, -0.1) is 0 Å². The minimum absolute atomic E-state index is 0.0339. The molecule has 0 aliphatic rings. The average molecular weight is 285 g/mol. The van der Waals surface area contributed by atoms with Crippen molar-refractivity contribution in [1.29, 1.82) is 0 Å². The van der Waals surface area contributed by atoms with Gasteiger partial charge >= 0.3 is 5.69 Å². The standard InChI is InChI=1S/C12H19N3O3S/c1-3-13-10-6-5-7-11(12(10)15(16)17)14-8-9-19(18)4-2/h5-7,13-14H,3-4,8-9H2,1-2H3. The van der Waals surface area contributed by atoms with Gasteiger partial charge in [0.1, 0.15) is 11.4 Å². The number of para-hydroxylation sites is 1. The second kappa shape index (κ2) is 7.73. The number of nitro benzene ring substituents is 1. The summed E-state index contributed by atoms with van der Waals surface area (Å²) in [4.78, 5) is 10.7. The van der Waals surface area contributed by atoms with E-state index in [1.807, 2.05) is 13.8 Å². The van der Waals surface area contributed by atoms with E-state index in [2.05, 4.69) is 10.6 Å². The molecule has 0 aromatic heterocycles. The maximum atomic E-state index is 11.3. The molecule has 6 nitrogen and oxygen atoms in total. The first kappa shape index (κ1) is 15.4. The summed E-state index contributed by atoms with van der Waals surface area (Å²) in [5, 5.41) is 17.1. The lowest BCUT2D eigenvalue weighted by Crippen LogP contribution is -2.13. The van der Waals surface area contributed by atoms with Crippen LogP contribution in [0.25, 0.3) is 0 Å². The van der Waals surface area contributed by atoms with E-state index in [0.717, 1.165) is 0 Å². The fourth-order valence-electron chi connectivity index (χ4n) is 1.66. The number of hydrogen-bond donors (Lipinski definition) is 2. The molecular weight excluding hydrogens is 266 g/mol. The lowest BCUT2D eigenvalue weighted by atomic mass is 10.2. The number of nitro groups is 1. The molecule has 7 heteroatoms. The van der Waals surface area contributed by atoms with Crippen LogP contribution in [0.4, 0.5) is 17.1 Å². The van der Waals surface area contributed by atoms with Gasteiger partial charge in [-0.3, -0.25) is 14.3 Å². The molecule has 1 aromatic rings. The van der Waals surface area contributed by atoms with Crippen molar-refractivity contribution in [2.24, 2.45) is 0 Å². The second-order valence-electron chi connectivity index (χ2n) is 3.85. The zero-order valence-corrected chi connectivity index (χ0v) is 12.0. The van der Waals surface area contributed by atoms with E-state index in [1.165, 1.54) is 0 Å². The molecule has 106 valence electrons. The first-order valence-electron chi connectivity index (χ1n) is 6.20. The molecule has 1 rings (SSSR count). The molecule has 0 fully saturated rings. The summed E-state index contributed by atoms with van der Waals surface area (Å²) in [6.45, 7) is 4.81. The smallest absolute Gasteiger partial charge is 0.315 e. The molecule has 0 aliphatic heterocycles. The van der Waals surface area contributed by atoms with Gasteiger partial charge in [-0.25, -0.2) is 0 Å². The van der Waals surface area contributed by atoms with Crippen LogP contribution >= 0.6 is 0 Å². The molecule has 0 spiro atoms. The van der Waals surface area contributed by atoms with Crippen molar-refractivity contribution in [3.63, 3.8) is 0 Å². The number of rotatable bonds is 8. The van der Waals surface area contributed by atoms with Gasteiger partial charge < -0.3 is 10.6 Å². The molecule has 1 unspecified atom stereocenters. The van der Waals surface area contributed by atoms with Gasteiger partial charge in [0.15, 0.2) is 0 Å². The van der Waals surface area contributed by atoms with Crippen molar-refractivity contribution >= 4 is 27.9 Å². The van der Waals surface area contributed by atoms with Crippen LogP contribution in [0.1, 0.15) is 13.8 Å². The van der Waals surface area contributed by atoms with Crippen LogP contribution in [0.15, 0.2) is 18.2 Å². The van der Waals surface area contributed by atoms with Crippen molar-refractivity contribution in [3.8, 4) is 0 Å². The summed E-state index contributed by atoms with van der Waals surface area (Å²) < 4.78 is 11.3. The van der Waals surface area contributed by atoms with Crippen LogP contribution < -0.4 is 10.6 Å². The van der Waals surface area contributed by atoms with Crippen LogP contribution in [0.3, 0.4) is 0 Å². The van der Waals surface area contributed by atoms with Crippen molar-refractivity contribution in [1.82, 2.24) is 0 Å². The maximum absolute atomic E-state index is 11.3. The van der Waals surface area contributed by atoms with E-state index in [4.69, 9.17) is 0 Å². The molecule has 1 aromatic carbocycles. The molecule has 0 aliphatic carbocycles. The Labute approximate surface area is 115 Å². The summed E-state index contributed by atoms with van der Waals surface area (Å²) in [7, 11) is -0.875. The van der Waals surface area contributed by atoms with Crippen LogP contribution in [0.2, 0.25) is 0 Å². The van der Waals surface area contributed by atoms with Crippen LogP contribution in [0.5, 0.6) is 0 Å². The molecule has 0 amide bonds. The van der Waals surface area contributed by atoms with Gasteiger partial charge in [-0.05, 0) is 19.1 Å². The molecule has 0 heterocycles. The predicted molar refractivity (Wildman–Crippen MR) is 79.3 cm³/mol. The topological polar surface area (TPSA) is 84.3 Å². The number of anilines is 2. The van der Waals surface area contributed by atoms with Gasteiger partial charge in [0, 0.05) is 35.4 Å². The highest BCUT2D eigenvalue weighted by Gasteiger charge is 2.18. The number of hydrogen-bond acceptors (Lipinski definition) is 5. The molecule has 0 bridgehead atoms. The zero-order chi connectivity index (χ0) is 14.3. The third kappa shape index (κ3) is 4.51. The number of nitrogens with one attached hydrogen (secondary N) is 2. The minimum atomic E-state index is -0.875. The number of benzene rings is 1. The molecule has 2 N–H and O–H groups in total. The Morgan fingerprint density at radius 1 is 1.26 bits per heavy atom. The van der Waals surface area contributed by atoms with E-state index < -0.39 is 15.7 Å². The van der Waals surface area contributed by atoms with Crippen molar-refractivity contribution in [2.75, 3.05) is 35.2 Å². The monoisotopic (exact) mass is 285 g/mol. The van der Waals surface area contributed by atoms with Crippen molar-refractivity contribution in [3.05, 3.63) is 28.3 Å². The molecular formula is C12H19N3O3S. The van der Waals surface area contributed by atoms with E-state index in [9.17, 15) is 14.3 Å². The van der Waals surface area contributed by atoms with Gasteiger partial charge in [0.25, 0.3) is 0 Å². The summed E-state index contributed by atoms with van der Waals surface area (Å²) in [6, 6.07) is 5.09. The Bertz CT molecular complexity index is 466. The SMILES string of the molecule is CCNc1cccc(NCCS(=O)CC)c1[N+](=O)[O-]. The second-order valence-corrected chi connectivity index (χ2v) is 5.71. The Kier molecular flexibility index (Phi) is 6.27. The highest BCUT2D eigenvalue weighted by molar-refractivity contribution is 7.84. The fraction of sp³-hybridized carbons (Fsp3) is 0.500. The van der Waals surface area contributed by atoms with E-state index >= 15 is 0 Å². The van der Waals surface area contributed by atoms with Gasteiger partial charge in [-0.1, -0.05) is 13.0 Å². The maximum Gasteiger partial charge on any atom is 0.315 e. The van der Waals surface area contributed by atoms with Gasteiger partial charge in [0.05, 0.1) is 4.92 Å². The van der Waals surface area contributed by atoms with E-state index in [1.54, 1.807) is 18.2 Å². The first-order valence-corrected chi connectivity index (χ1v) is 7.69. The number of nitrogens with zero attached hydrogens (tertiary/aromatic N) is 1. The highest BCUT2D eigenvalue weighted by Crippen LogP contribution is 2.32. The van der Waals surface area contributed by atoms with Crippen LogP contribution in [0, 0.1) is 10.1 Å². The quantitative estimate of drug-likeness (QED) is 0.565. The third-order valence-electron chi connectivity index (χ3n) is 2.55.